The van der Waals surface area contributed by atoms with Crippen molar-refractivity contribution >= 4 is 17.3 Å². The summed E-state index contributed by atoms with van der Waals surface area (Å²) in [7, 11) is 1.61. The second kappa shape index (κ2) is 9.32. The largest absolute Gasteiger partial charge is 0.493 e. The van der Waals surface area contributed by atoms with E-state index in [9.17, 15) is 9.90 Å². The van der Waals surface area contributed by atoms with Gasteiger partial charge in [0.25, 0.3) is 0 Å². The quantitative estimate of drug-likeness (QED) is 0.721. The summed E-state index contributed by atoms with van der Waals surface area (Å²) in [5.74, 6) is 0.444. The number of carbonyl (C=O) groups is 1. The summed E-state index contributed by atoms with van der Waals surface area (Å²) in [5, 5.41) is 12.9. The molecule has 1 aliphatic heterocycles. The van der Waals surface area contributed by atoms with Gasteiger partial charge in [-0.2, -0.15) is 0 Å². The number of aromatic carboxylic acids is 1. The molecule has 0 radical (unpaired) electrons. The third kappa shape index (κ3) is 4.67. The molecule has 2 aromatic carbocycles. The van der Waals surface area contributed by atoms with Gasteiger partial charge in [0.1, 0.15) is 0 Å². The van der Waals surface area contributed by atoms with Crippen LogP contribution >= 0.6 is 0 Å². The smallest absolute Gasteiger partial charge is 0.337 e. The van der Waals surface area contributed by atoms with E-state index in [4.69, 9.17) is 14.2 Å². The maximum Gasteiger partial charge on any atom is 0.337 e. The summed E-state index contributed by atoms with van der Waals surface area (Å²) in [6.07, 6.45) is 0. The summed E-state index contributed by atoms with van der Waals surface area (Å²) in [6.45, 7) is 5.64. The normalized spacial score (nSPS) is 13.9. The lowest BCUT2D eigenvalue weighted by molar-refractivity contribution is 0.0696. The standard InChI is InChI=1S/C21H26N2O5/c1-3-28-19-7-4-15(12-20(19)26-2)14-22-16-5-6-18(17(13-16)21(24)25)23-8-10-27-11-9-23/h4-7,12-13,22H,3,8-11,14H2,1-2H3,(H,24,25). The van der Waals surface area contributed by atoms with Crippen LogP contribution < -0.4 is 19.7 Å². The van der Waals surface area contributed by atoms with Gasteiger partial charge in [-0.3, -0.25) is 0 Å². The summed E-state index contributed by atoms with van der Waals surface area (Å²) in [6, 6.07) is 11.2. The minimum atomic E-state index is -0.937. The number of methoxy groups -OCH3 is 1. The molecule has 1 heterocycles. The molecule has 1 saturated heterocycles. The summed E-state index contributed by atoms with van der Waals surface area (Å²) in [4.78, 5) is 13.8. The molecule has 0 atom stereocenters. The third-order valence-electron chi connectivity index (χ3n) is 4.60. The van der Waals surface area contributed by atoms with Crippen molar-refractivity contribution in [3.8, 4) is 11.5 Å². The number of anilines is 2. The van der Waals surface area contributed by atoms with Crippen molar-refractivity contribution in [3.05, 3.63) is 47.5 Å². The zero-order chi connectivity index (χ0) is 19.9. The number of hydrogen-bond acceptors (Lipinski definition) is 6. The summed E-state index contributed by atoms with van der Waals surface area (Å²) >= 11 is 0. The highest BCUT2D eigenvalue weighted by Gasteiger charge is 2.19. The van der Waals surface area contributed by atoms with Crippen molar-refractivity contribution < 1.29 is 24.1 Å². The Morgan fingerprint density at radius 3 is 2.64 bits per heavy atom. The van der Waals surface area contributed by atoms with Gasteiger partial charge in [-0.1, -0.05) is 6.07 Å². The van der Waals surface area contributed by atoms with Crippen molar-refractivity contribution in [1.29, 1.82) is 0 Å². The number of nitrogens with one attached hydrogen (secondary N) is 1. The molecule has 150 valence electrons. The van der Waals surface area contributed by atoms with Crippen molar-refractivity contribution in [1.82, 2.24) is 0 Å². The zero-order valence-electron chi connectivity index (χ0n) is 16.2. The SMILES string of the molecule is CCOc1ccc(CNc2ccc(N3CCOCC3)c(C(=O)O)c2)cc1OC. The Balaban J connectivity index is 1.74. The van der Waals surface area contributed by atoms with Gasteiger partial charge in [0.2, 0.25) is 0 Å². The van der Waals surface area contributed by atoms with Crippen molar-refractivity contribution in [2.75, 3.05) is 50.2 Å². The van der Waals surface area contributed by atoms with E-state index < -0.39 is 5.97 Å². The minimum Gasteiger partial charge on any atom is -0.493 e. The van der Waals surface area contributed by atoms with E-state index in [0.717, 1.165) is 16.9 Å². The number of carboxylic acids is 1. The number of hydrogen-bond donors (Lipinski definition) is 2. The second-order valence-electron chi connectivity index (χ2n) is 6.41. The molecule has 0 saturated carbocycles. The van der Waals surface area contributed by atoms with Crippen molar-refractivity contribution in [2.45, 2.75) is 13.5 Å². The Labute approximate surface area is 164 Å². The number of ether oxygens (including phenoxy) is 3. The lowest BCUT2D eigenvalue weighted by atomic mass is 10.1. The lowest BCUT2D eigenvalue weighted by Crippen LogP contribution is -2.37. The third-order valence-corrected chi connectivity index (χ3v) is 4.60. The first-order valence-electron chi connectivity index (χ1n) is 9.36. The minimum absolute atomic E-state index is 0.288. The Hall–Kier alpha value is -2.93. The van der Waals surface area contributed by atoms with Gasteiger partial charge < -0.3 is 29.5 Å². The molecular weight excluding hydrogens is 360 g/mol. The van der Waals surface area contributed by atoms with Gasteiger partial charge in [0.05, 0.1) is 38.2 Å². The van der Waals surface area contributed by atoms with Crippen LogP contribution in [0.3, 0.4) is 0 Å². The Morgan fingerprint density at radius 1 is 1.18 bits per heavy atom. The van der Waals surface area contributed by atoms with Gasteiger partial charge >= 0.3 is 5.97 Å². The van der Waals surface area contributed by atoms with Crippen LogP contribution in [0, 0.1) is 0 Å². The molecule has 0 unspecified atom stereocenters. The maximum absolute atomic E-state index is 11.8. The van der Waals surface area contributed by atoms with E-state index in [1.54, 1.807) is 13.2 Å². The fraction of sp³-hybridized carbons (Fsp3) is 0.381. The number of carboxylic acid groups (broad SMARTS) is 1. The molecule has 0 amide bonds. The molecule has 28 heavy (non-hydrogen) atoms. The summed E-state index contributed by atoms with van der Waals surface area (Å²) < 4.78 is 16.3. The van der Waals surface area contributed by atoms with Crippen LogP contribution in [0.2, 0.25) is 0 Å². The van der Waals surface area contributed by atoms with Gasteiger partial charge in [-0.15, -0.1) is 0 Å². The molecule has 1 aliphatic rings. The highest BCUT2D eigenvalue weighted by atomic mass is 16.5. The lowest BCUT2D eigenvalue weighted by Gasteiger charge is -2.30. The molecule has 2 aromatic rings. The molecule has 7 nitrogen and oxygen atoms in total. The van der Waals surface area contributed by atoms with Crippen molar-refractivity contribution in [3.63, 3.8) is 0 Å². The van der Waals surface area contributed by atoms with E-state index in [2.05, 4.69) is 5.32 Å². The van der Waals surface area contributed by atoms with E-state index in [1.165, 1.54) is 0 Å². The average Bonchev–Trinajstić information content (AvgIpc) is 2.73. The predicted octanol–water partition coefficient (Wildman–Crippen LogP) is 3.24. The summed E-state index contributed by atoms with van der Waals surface area (Å²) in [5.41, 5.74) is 2.77. The number of benzene rings is 2. The van der Waals surface area contributed by atoms with Gasteiger partial charge in [-0.05, 0) is 42.8 Å². The second-order valence-corrected chi connectivity index (χ2v) is 6.41. The fourth-order valence-corrected chi connectivity index (χ4v) is 3.20. The monoisotopic (exact) mass is 386 g/mol. The average molecular weight is 386 g/mol. The highest BCUT2D eigenvalue weighted by molar-refractivity contribution is 5.95. The van der Waals surface area contributed by atoms with Crippen LogP contribution in [0.1, 0.15) is 22.8 Å². The van der Waals surface area contributed by atoms with E-state index in [-0.39, 0.29) is 5.56 Å². The van der Waals surface area contributed by atoms with Gasteiger partial charge in [-0.25, -0.2) is 4.79 Å². The molecule has 1 fully saturated rings. The molecule has 7 heteroatoms. The van der Waals surface area contributed by atoms with Gasteiger partial charge in [0, 0.05) is 25.3 Å². The molecular formula is C21H26N2O5. The Bertz CT molecular complexity index is 818. The van der Waals surface area contributed by atoms with Crippen LogP contribution in [0.5, 0.6) is 11.5 Å². The first-order valence-corrected chi connectivity index (χ1v) is 9.36. The molecule has 0 bridgehead atoms. The first kappa shape index (κ1) is 19.8. The first-order chi connectivity index (χ1) is 13.6. The fourth-order valence-electron chi connectivity index (χ4n) is 3.20. The Morgan fingerprint density at radius 2 is 1.96 bits per heavy atom. The molecule has 0 aromatic heterocycles. The van der Waals surface area contributed by atoms with E-state index in [0.29, 0.717) is 51.0 Å². The number of nitrogens with zero attached hydrogens (tertiary/aromatic N) is 1. The molecule has 0 aliphatic carbocycles. The van der Waals surface area contributed by atoms with Crippen molar-refractivity contribution in [2.24, 2.45) is 0 Å². The Kier molecular flexibility index (Phi) is 6.60. The van der Waals surface area contributed by atoms with Crippen LogP contribution in [0.15, 0.2) is 36.4 Å². The zero-order valence-corrected chi connectivity index (χ0v) is 16.2. The van der Waals surface area contributed by atoms with Crippen LogP contribution in [0.4, 0.5) is 11.4 Å². The number of rotatable bonds is 8. The van der Waals surface area contributed by atoms with E-state index >= 15 is 0 Å². The van der Waals surface area contributed by atoms with E-state index in [1.807, 2.05) is 42.2 Å². The molecule has 2 N–H and O–H groups in total. The number of morpholine rings is 1. The highest BCUT2D eigenvalue weighted by Crippen LogP contribution is 2.29. The molecule has 0 spiro atoms. The van der Waals surface area contributed by atoms with Crippen LogP contribution in [-0.2, 0) is 11.3 Å². The van der Waals surface area contributed by atoms with Gasteiger partial charge in [0.15, 0.2) is 11.5 Å². The van der Waals surface area contributed by atoms with Crippen LogP contribution in [0.25, 0.3) is 0 Å². The maximum atomic E-state index is 11.8. The predicted molar refractivity (Wildman–Crippen MR) is 108 cm³/mol. The topological polar surface area (TPSA) is 80.3 Å². The molecule has 3 rings (SSSR count). The van der Waals surface area contributed by atoms with Crippen LogP contribution in [-0.4, -0.2) is 51.1 Å².